The molecule has 0 radical (unpaired) electrons. The Bertz CT molecular complexity index is 830. The molecule has 1 N–H and O–H groups in total. The highest BCUT2D eigenvalue weighted by molar-refractivity contribution is 7.14. The van der Waals surface area contributed by atoms with Crippen molar-refractivity contribution in [3.05, 3.63) is 45.1 Å². The number of benzene rings is 1. The van der Waals surface area contributed by atoms with E-state index in [4.69, 9.17) is 14.2 Å². The van der Waals surface area contributed by atoms with Crippen molar-refractivity contribution in [1.82, 2.24) is 10.2 Å². The Morgan fingerprint density at radius 2 is 1.93 bits per heavy atom. The summed E-state index contributed by atoms with van der Waals surface area (Å²) in [7, 11) is 3.27. The maximum absolute atomic E-state index is 12.8. The number of hydrogen-bond acceptors (Lipinski definition) is 6. The molecule has 158 valence electrons. The van der Waals surface area contributed by atoms with Crippen molar-refractivity contribution >= 4 is 17.2 Å². The van der Waals surface area contributed by atoms with Crippen molar-refractivity contribution in [2.45, 2.75) is 26.3 Å². The zero-order valence-corrected chi connectivity index (χ0v) is 18.4. The third-order valence-electron chi connectivity index (χ3n) is 5.30. The van der Waals surface area contributed by atoms with Crippen LogP contribution in [-0.4, -0.2) is 57.9 Å². The average molecular weight is 419 g/mol. The lowest BCUT2D eigenvalue weighted by Crippen LogP contribution is -2.43. The van der Waals surface area contributed by atoms with Crippen LogP contribution >= 0.6 is 11.3 Å². The molecule has 29 heavy (non-hydrogen) atoms. The normalized spacial score (nSPS) is 15.7. The smallest absolute Gasteiger partial charge is 0.261 e. The van der Waals surface area contributed by atoms with E-state index >= 15 is 0 Å². The maximum atomic E-state index is 12.8. The minimum atomic E-state index is -0.0171. The molecule has 1 aliphatic rings. The number of nitrogens with zero attached hydrogens (tertiary/aromatic N) is 1. The molecular weight excluding hydrogens is 388 g/mol. The van der Waals surface area contributed by atoms with Crippen LogP contribution in [0.15, 0.2) is 24.3 Å². The Morgan fingerprint density at radius 1 is 1.21 bits per heavy atom. The minimum Gasteiger partial charge on any atom is -0.493 e. The molecule has 2 aromatic rings. The van der Waals surface area contributed by atoms with E-state index < -0.39 is 0 Å². The van der Waals surface area contributed by atoms with Gasteiger partial charge in [-0.15, -0.1) is 11.3 Å². The number of ether oxygens (including phenoxy) is 3. The SMILES string of the molecule is CCc1sc(C(=O)NCC(c2ccc(OC)c(OC)c2)N2CCOCC2)cc1C. The quantitative estimate of drug-likeness (QED) is 0.712. The van der Waals surface area contributed by atoms with Crippen LogP contribution in [0.25, 0.3) is 0 Å². The number of hydrogen-bond donors (Lipinski definition) is 1. The molecule has 6 nitrogen and oxygen atoms in total. The van der Waals surface area contributed by atoms with Gasteiger partial charge in [-0.2, -0.15) is 0 Å². The first-order chi connectivity index (χ1) is 14.1. The second-order valence-corrected chi connectivity index (χ2v) is 8.20. The molecule has 1 fully saturated rings. The predicted octanol–water partition coefficient (Wildman–Crippen LogP) is 3.44. The average Bonchev–Trinajstić information content (AvgIpc) is 3.15. The van der Waals surface area contributed by atoms with Crippen LogP contribution in [0.5, 0.6) is 11.5 Å². The topological polar surface area (TPSA) is 60.0 Å². The van der Waals surface area contributed by atoms with Crippen molar-refractivity contribution in [3.63, 3.8) is 0 Å². The molecule has 3 rings (SSSR count). The third kappa shape index (κ3) is 5.10. The summed E-state index contributed by atoms with van der Waals surface area (Å²) >= 11 is 1.58. The Hall–Kier alpha value is -2.09. The molecule has 1 aromatic heterocycles. The molecule has 0 saturated carbocycles. The first kappa shape index (κ1) is 21.6. The summed E-state index contributed by atoms with van der Waals surface area (Å²) in [4.78, 5) is 17.2. The fourth-order valence-corrected chi connectivity index (χ4v) is 4.70. The zero-order valence-electron chi connectivity index (χ0n) is 17.6. The van der Waals surface area contributed by atoms with Crippen LogP contribution in [0.3, 0.4) is 0 Å². The monoisotopic (exact) mass is 418 g/mol. The second-order valence-electron chi connectivity index (χ2n) is 7.06. The number of methoxy groups -OCH3 is 2. The van der Waals surface area contributed by atoms with Gasteiger partial charge < -0.3 is 19.5 Å². The zero-order chi connectivity index (χ0) is 20.8. The Balaban J connectivity index is 1.79. The number of carbonyl (C=O) groups excluding carboxylic acids is 1. The van der Waals surface area contributed by atoms with E-state index in [1.165, 1.54) is 10.4 Å². The molecular formula is C22H30N2O4S. The van der Waals surface area contributed by atoms with Crippen molar-refractivity contribution in [2.75, 3.05) is 47.1 Å². The molecule has 1 amide bonds. The molecule has 0 aliphatic carbocycles. The van der Waals surface area contributed by atoms with Gasteiger partial charge in [-0.05, 0) is 42.7 Å². The Morgan fingerprint density at radius 3 is 2.55 bits per heavy atom. The van der Waals surface area contributed by atoms with Gasteiger partial charge in [-0.3, -0.25) is 9.69 Å². The van der Waals surface area contributed by atoms with Crippen molar-refractivity contribution < 1.29 is 19.0 Å². The molecule has 1 aromatic carbocycles. The van der Waals surface area contributed by atoms with E-state index in [9.17, 15) is 4.79 Å². The number of morpholine rings is 1. The predicted molar refractivity (Wildman–Crippen MR) is 115 cm³/mol. The van der Waals surface area contributed by atoms with Crippen molar-refractivity contribution in [2.24, 2.45) is 0 Å². The van der Waals surface area contributed by atoms with Crippen LogP contribution in [0.2, 0.25) is 0 Å². The van der Waals surface area contributed by atoms with Gasteiger partial charge in [0.15, 0.2) is 11.5 Å². The molecule has 0 bridgehead atoms. The summed E-state index contributed by atoms with van der Waals surface area (Å²) in [5.74, 6) is 1.37. The number of nitrogens with one attached hydrogen (secondary N) is 1. The number of rotatable bonds is 8. The highest BCUT2D eigenvalue weighted by Crippen LogP contribution is 2.32. The lowest BCUT2D eigenvalue weighted by Gasteiger charge is -2.35. The van der Waals surface area contributed by atoms with Gasteiger partial charge in [-0.1, -0.05) is 13.0 Å². The van der Waals surface area contributed by atoms with E-state index in [2.05, 4.69) is 24.1 Å². The van der Waals surface area contributed by atoms with Crippen LogP contribution in [-0.2, 0) is 11.2 Å². The number of amides is 1. The molecule has 1 atom stereocenters. The lowest BCUT2D eigenvalue weighted by atomic mass is 10.0. The molecule has 1 saturated heterocycles. The lowest BCUT2D eigenvalue weighted by molar-refractivity contribution is 0.0162. The summed E-state index contributed by atoms with van der Waals surface area (Å²) in [6, 6.07) is 7.97. The van der Waals surface area contributed by atoms with E-state index in [0.717, 1.165) is 30.0 Å². The Kier molecular flexibility index (Phi) is 7.52. The van der Waals surface area contributed by atoms with Gasteiger partial charge in [0.2, 0.25) is 0 Å². The van der Waals surface area contributed by atoms with Crippen LogP contribution in [0.4, 0.5) is 0 Å². The van der Waals surface area contributed by atoms with Gasteiger partial charge >= 0.3 is 0 Å². The highest BCUT2D eigenvalue weighted by Gasteiger charge is 2.25. The first-order valence-electron chi connectivity index (χ1n) is 9.98. The standard InChI is InChI=1S/C22H30N2O4S/c1-5-20-15(2)12-21(29-20)22(25)23-14-17(24-8-10-28-11-9-24)16-6-7-18(26-3)19(13-16)27-4/h6-7,12-13,17H,5,8-11,14H2,1-4H3,(H,23,25). The van der Waals surface area contributed by atoms with E-state index in [0.29, 0.717) is 31.3 Å². The Labute approximate surface area is 176 Å². The summed E-state index contributed by atoms with van der Waals surface area (Å²) in [5, 5.41) is 3.14. The molecule has 0 spiro atoms. The fourth-order valence-electron chi connectivity index (χ4n) is 3.67. The fraction of sp³-hybridized carbons (Fsp3) is 0.500. The maximum Gasteiger partial charge on any atom is 0.261 e. The van der Waals surface area contributed by atoms with Gasteiger partial charge in [0, 0.05) is 24.5 Å². The minimum absolute atomic E-state index is 0.0171. The van der Waals surface area contributed by atoms with Crippen LogP contribution in [0.1, 0.15) is 38.6 Å². The van der Waals surface area contributed by atoms with E-state index in [-0.39, 0.29) is 11.9 Å². The third-order valence-corrected chi connectivity index (χ3v) is 6.68. The first-order valence-corrected chi connectivity index (χ1v) is 10.8. The highest BCUT2D eigenvalue weighted by atomic mass is 32.1. The molecule has 1 unspecified atom stereocenters. The largest absolute Gasteiger partial charge is 0.493 e. The summed E-state index contributed by atoms with van der Waals surface area (Å²) in [6.07, 6.45) is 0.950. The summed E-state index contributed by atoms with van der Waals surface area (Å²) in [5.41, 5.74) is 2.27. The van der Waals surface area contributed by atoms with Crippen LogP contribution in [0, 0.1) is 6.92 Å². The summed E-state index contributed by atoms with van der Waals surface area (Å²) in [6.45, 7) is 7.74. The van der Waals surface area contributed by atoms with E-state index in [1.54, 1.807) is 25.6 Å². The summed E-state index contributed by atoms with van der Waals surface area (Å²) < 4.78 is 16.4. The molecule has 7 heteroatoms. The molecule has 1 aliphatic heterocycles. The van der Waals surface area contributed by atoms with Gasteiger partial charge in [-0.25, -0.2) is 0 Å². The molecule has 2 heterocycles. The van der Waals surface area contributed by atoms with Gasteiger partial charge in [0.1, 0.15) is 0 Å². The number of aryl methyl sites for hydroxylation is 2. The number of thiophene rings is 1. The van der Waals surface area contributed by atoms with Crippen molar-refractivity contribution in [3.8, 4) is 11.5 Å². The van der Waals surface area contributed by atoms with Crippen LogP contribution < -0.4 is 14.8 Å². The number of carbonyl (C=O) groups is 1. The van der Waals surface area contributed by atoms with Gasteiger partial charge in [0.05, 0.1) is 38.4 Å². The van der Waals surface area contributed by atoms with E-state index in [1.807, 2.05) is 24.3 Å². The van der Waals surface area contributed by atoms with Gasteiger partial charge in [0.25, 0.3) is 5.91 Å². The second kappa shape index (κ2) is 10.1. The van der Waals surface area contributed by atoms with Crippen molar-refractivity contribution in [1.29, 1.82) is 0 Å².